The minimum Gasteiger partial charge on any atom is -0.378 e. The van der Waals surface area contributed by atoms with Gasteiger partial charge >= 0.3 is 0 Å². The zero-order valence-electron chi connectivity index (χ0n) is 18.9. The van der Waals surface area contributed by atoms with Crippen LogP contribution in [0, 0.1) is 0 Å². The van der Waals surface area contributed by atoms with Crippen molar-refractivity contribution < 1.29 is 9.53 Å². The van der Waals surface area contributed by atoms with Gasteiger partial charge in [-0.25, -0.2) is 0 Å². The van der Waals surface area contributed by atoms with Crippen molar-refractivity contribution in [3.8, 4) is 11.1 Å². The highest BCUT2D eigenvalue weighted by Gasteiger charge is 2.48. The number of primary amides is 1. The second kappa shape index (κ2) is 8.22. The van der Waals surface area contributed by atoms with Gasteiger partial charge in [0.2, 0.25) is 5.91 Å². The first-order chi connectivity index (χ1) is 16.7. The first-order valence-electron chi connectivity index (χ1n) is 11.7. The Labute approximate surface area is 198 Å². The van der Waals surface area contributed by atoms with Crippen LogP contribution in [-0.2, 0) is 10.2 Å². The van der Waals surface area contributed by atoms with E-state index in [1.807, 2.05) is 48.9 Å². The molecule has 0 atom stereocenters. The molecule has 2 aromatic carbocycles. The predicted molar refractivity (Wildman–Crippen MR) is 133 cm³/mol. The van der Waals surface area contributed by atoms with E-state index in [0.717, 1.165) is 72.4 Å². The highest BCUT2D eigenvalue weighted by atomic mass is 16.5. The first kappa shape index (κ1) is 20.8. The number of aromatic nitrogens is 2. The first-order valence-corrected chi connectivity index (χ1v) is 11.7. The maximum absolute atomic E-state index is 12.3. The number of fused-ring (bicyclic) bond motifs is 1. The number of amides is 1. The van der Waals surface area contributed by atoms with Crippen LogP contribution in [-0.4, -0.2) is 42.2 Å². The molecule has 1 saturated heterocycles. The molecule has 1 amide bonds. The number of benzene rings is 2. The fourth-order valence-electron chi connectivity index (χ4n) is 5.25. The molecule has 0 radical (unpaired) electrons. The van der Waals surface area contributed by atoms with Gasteiger partial charge in [0, 0.05) is 47.4 Å². The molecule has 6 heteroatoms. The van der Waals surface area contributed by atoms with Crippen LogP contribution in [0.3, 0.4) is 0 Å². The number of pyridine rings is 2. The SMILES string of the molecule is NC(=O)c1ccccc1C1(c2cc(-c3cncc(N4CCOCC4)c3)cc3ncccc23)CC1. The van der Waals surface area contributed by atoms with Crippen LogP contribution in [0.15, 0.2) is 73.2 Å². The highest BCUT2D eigenvalue weighted by Crippen LogP contribution is 2.56. The Morgan fingerprint density at radius 1 is 0.941 bits per heavy atom. The lowest BCUT2D eigenvalue weighted by Gasteiger charge is -2.28. The van der Waals surface area contributed by atoms with E-state index >= 15 is 0 Å². The molecule has 0 bridgehead atoms. The Bertz CT molecular complexity index is 1390. The Morgan fingerprint density at radius 2 is 1.76 bits per heavy atom. The average Bonchev–Trinajstić information content (AvgIpc) is 3.70. The molecule has 170 valence electrons. The maximum atomic E-state index is 12.3. The van der Waals surface area contributed by atoms with Gasteiger partial charge < -0.3 is 15.4 Å². The number of hydrogen-bond donors (Lipinski definition) is 1. The molecule has 2 fully saturated rings. The molecular weight excluding hydrogens is 424 g/mol. The number of carbonyl (C=O) groups is 1. The van der Waals surface area contributed by atoms with E-state index in [-0.39, 0.29) is 11.3 Å². The standard InChI is InChI=1S/C28H26N4O2/c29-27(33)23-4-1-2-6-24(23)28(7-8-28)25-15-19(16-26-22(25)5-3-9-31-26)20-14-21(18-30-17-20)32-10-12-34-13-11-32/h1-6,9,14-18H,7-8,10-13H2,(H2,29,33). The van der Waals surface area contributed by atoms with Crippen LogP contribution in [0.25, 0.3) is 22.0 Å². The summed E-state index contributed by atoms with van der Waals surface area (Å²) in [6, 6.07) is 18.4. The van der Waals surface area contributed by atoms with E-state index in [1.165, 1.54) is 5.56 Å². The van der Waals surface area contributed by atoms with Gasteiger partial charge in [0.05, 0.1) is 30.6 Å². The minimum absolute atomic E-state index is 0.238. The number of ether oxygens (including phenoxy) is 1. The Kier molecular flexibility index (Phi) is 5.03. The summed E-state index contributed by atoms with van der Waals surface area (Å²) >= 11 is 0. The van der Waals surface area contributed by atoms with E-state index in [4.69, 9.17) is 15.5 Å². The van der Waals surface area contributed by atoms with Gasteiger partial charge in [-0.1, -0.05) is 24.3 Å². The minimum atomic E-state index is -0.386. The van der Waals surface area contributed by atoms with Crippen LogP contribution in [0.5, 0.6) is 0 Å². The van der Waals surface area contributed by atoms with Gasteiger partial charge in [-0.05, 0) is 59.9 Å². The molecule has 0 unspecified atom stereocenters. The zero-order valence-corrected chi connectivity index (χ0v) is 18.9. The molecule has 1 saturated carbocycles. The summed E-state index contributed by atoms with van der Waals surface area (Å²) in [6.45, 7) is 3.19. The monoisotopic (exact) mass is 450 g/mol. The van der Waals surface area contributed by atoms with Crippen molar-refractivity contribution in [3.05, 3.63) is 89.9 Å². The van der Waals surface area contributed by atoms with Crippen molar-refractivity contribution in [2.24, 2.45) is 5.73 Å². The van der Waals surface area contributed by atoms with Crippen molar-refractivity contribution in [2.75, 3.05) is 31.2 Å². The summed E-state index contributed by atoms with van der Waals surface area (Å²) in [5.74, 6) is -0.386. The van der Waals surface area contributed by atoms with E-state index < -0.39 is 0 Å². The third-order valence-electron chi connectivity index (χ3n) is 7.13. The highest BCUT2D eigenvalue weighted by molar-refractivity contribution is 5.96. The summed E-state index contributed by atoms with van der Waals surface area (Å²) in [6.07, 6.45) is 7.60. The number of nitrogens with zero attached hydrogens (tertiary/aromatic N) is 3. The largest absolute Gasteiger partial charge is 0.378 e. The van der Waals surface area contributed by atoms with Gasteiger partial charge in [0.15, 0.2) is 0 Å². The molecule has 2 N–H and O–H groups in total. The van der Waals surface area contributed by atoms with Crippen LogP contribution in [0.2, 0.25) is 0 Å². The van der Waals surface area contributed by atoms with Crippen molar-refractivity contribution >= 4 is 22.5 Å². The zero-order chi connectivity index (χ0) is 23.1. The summed E-state index contributed by atoms with van der Waals surface area (Å²) < 4.78 is 5.51. The van der Waals surface area contributed by atoms with Crippen molar-refractivity contribution in [1.82, 2.24) is 9.97 Å². The van der Waals surface area contributed by atoms with E-state index in [2.05, 4.69) is 34.1 Å². The Morgan fingerprint density at radius 3 is 2.56 bits per heavy atom. The van der Waals surface area contributed by atoms with Gasteiger partial charge in [-0.3, -0.25) is 14.8 Å². The summed E-state index contributed by atoms with van der Waals surface area (Å²) in [5.41, 5.74) is 12.5. The summed E-state index contributed by atoms with van der Waals surface area (Å²) in [5, 5.41) is 1.11. The quantitative estimate of drug-likeness (QED) is 0.490. The number of carbonyl (C=O) groups excluding carboxylic acids is 1. The third-order valence-corrected chi connectivity index (χ3v) is 7.13. The number of nitrogens with two attached hydrogens (primary N) is 1. The van der Waals surface area contributed by atoms with Crippen molar-refractivity contribution in [2.45, 2.75) is 18.3 Å². The number of rotatable bonds is 5. The topological polar surface area (TPSA) is 81.3 Å². The Balaban J connectivity index is 1.51. The van der Waals surface area contributed by atoms with Gasteiger partial charge in [-0.2, -0.15) is 0 Å². The fraction of sp³-hybridized carbons (Fsp3) is 0.250. The van der Waals surface area contributed by atoms with E-state index in [9.17, 15) is 4.79 Å². The van der Waals surface area contributed by atoms with Gasteiger partial charge in [0.1, 0.15) is 0 Å². The molecule has 4 aromatic rings. The molecule has 1 aliphatic carbocycles. The van der Waals surface area contributed by atoms with Crippen LogP contribution >= 0.6 is 0 Å². The van der Waals surface area contributed by atoms with Crippen molar-refractivity contribution in [3.63, 3.8) is 0 Å². The lowest BCUT2D eigenvalue weighted by molar-refractivity contribution is 0.0999. The van der Waals surface area contributed by atoms with E-state index in [1.54, 1.807) is 0 Å². The average molecular weight is 451 g/mol. The molecule has 34 heavy (non-hydrogen) atoms. The van der Waals surface area contributed by atoms with Crippen LogP contribution in [0.1, 0.15) is 34.3 Å². The molecule has 6 nitrogen and oxygen atoms in total. The normalized spacial score (nSPS) is 17.0. The maximum Gasteiger partial charge on any atom is 0.249 e. The van der Waals surface area contributed by atoms with Gasteiger partial charge in [0.25, 0.3) is 0 Å². The van der Waals surface area contributed by atoms with E-state index in [0.29, 0.717) is 5.56 Å². The fourth-order valence-corrected chi connectivity index (χ4v) is 5.25. The summed E-state index contributed by atoms with van der Waals surface area (Å²) in [4.78, 5) is 23.8. The number of anilines is 1. The van der Waals surface area contributed by atoms with Crippen LogP contribution < -0.4 is 10.6 Å². The second-order valence-electron chi connectivity index (χ2n) is 9.12. The Hall–Kier alpha value is -3.77. The number of hydrogen-bond acceptors (Lipinski definition) is 5. The smallest absolute Gasteiger partial charge is 0.249 e. The molecule has 6 rings (SSSR count). The van der Waals surface area contributed by atoms with Gasteiger partial charge in [-0.15, -0.1) is 0 Å². The third kappa shape index (κ3) is 3.51. The molecule has 1 aliphatic heterocycles. The molecular formula is C28H26N4O2. The van der Waals surface area contributed by atoms with Crippen molar-refractivity contribution in [1.29, 1.82) is 0 Å². The molecule has 2 aromatic heterocycles. The lowest BCUT2D eigenvalue weighted by atomic mass is 9.81. The second-order valence-corrected chi connectivity index (χ2v) is 9.12. The molecule has 3 heterocycles. The van der Waals surface area contributed by atoms with Crippen LogP contribution in [0.4, 0.5) is 5.69 Å². The summed E-state index contributed by atoms with van der Waals surface area (Å²) in [7, 11) is 0. The predicted octanol–water partition coefficient (Wildman–Crippen LogP) is 4.31. The lowest BCUT2D eigenvalue weighted by Crippen LogP contribution is -2.36. The molecule has 2 aliphatic rings. The number of morpholine rings is 1. The molecule has 0 spiro atoms.